The van der Waals surface area contributed by atoms with E-state index >= 15 is 0 Å². The smallest absolute Gasteiger partial charge is 0.235 e. The molecular formula is C21H17N3O3. The number of para-hydroxylation sites is 1. The van der Waals surface area contributed by atoms with Crippen LogP contribution >= 0.6 is 0 Å². The van der Waals surface area contributed by atoms with Crippen LogP contribution in [0.3, 0.4) is 0 Å². The molecule has 1 aliphatic heterocycles. The van der Waals surface area contributed by atoms with Gasteiger partial charge in [-0.2, -0.15) is 0 Å². The maximum absolute atomic E-state index is 12.7. The van der Waals surface area contributed by atoms with E-state index in [0.29, 0.717) is 5.75 Å². The van der Waals surface area contributed by atoms with Gasteiger partial charge in [-0.25, -0.2) is 0 Å². The van der Waals surface area contributed by atoms with Gasteiger partial charge in [-0.1, -0.05) is 18.2 Å². The van der Waals surface area contributed by atoms with Crippen molar-refractivity contribution in [1.29, 1.82) is 0 Å². The summed E-state index contributed by atoms with van der Waals surface area (Å²) >= 11 is 0. The molecule has 0 radical (unpaired) electrons. The predicted octanol–water partition coefficient (Wildman–Crippen LogP) is 3.18. The van der Waals surface area contributed by atoms with Crippen molar-refractivity contribution in [3.05, 3.63) is 66.0 Å². The molecule has 0 saturated carbocycles. The van der Waals surface area contributed by atoms with Crippen molar-refractivity contribution in [3.8, 4) is 5.75 Å². The maximum Gasteiger partial charge on any atom is 0.235 e. The van der Waals surface area contributed by atoms with Crippen molar-refractivity contribution in [2.75, 3.05) is 7.11 Å². The molecule has 6 heteroatoms. The molecule has 2 atom stereocenters. The number of nitrogens with one attached hydrogen (secondary N) is 3. The van der Waals surface area contributed by atoms with Gasteiger partial charge < -0.3 is 14.7 Å². The molecule has 1 unspecified atom stereocenters. The molecule has 27 heavy (non-hydrogen) atoms. The number of ether oxygens (including phenoxy) is 1. The SMILES string of the molecule is COc1ccc2[nH]cc([C@@H]3C(=O)NC(=O)C3c3c[nH]c4ccccc34)c2c1. The van der Waals surface area contributed by atoms with E-state index in [2.05, 4.69) is 15.3 Å². The van der Waals surface area contributed by atoms with Crippen molar-refractivity contribution in [2.45, 2.75) is 11.8 Å². The van der Waals surface area contributed by atoms with Crippen LogP contribution in [-0.2, 0) is 9.59 Å². The third kappa shape index (κ3) is 2.26. The van der Waals surface area contributed by atoms with Gasteiger partial charge in [-0.05, 0) is 35.4 Å². The second kappa shape index (κ2) is 5.74. The summed E-state index contributed by atoms with van der Waals surface area (Å²) in [5, 5.41) is 4.35. The fourth-order valence-electron chi connectivity index (χ4n) is 4.08. The van der Waals surface area contributed by atoms with Crippen LogP contribution in [0.2, 0.25) is 0 Å². The first-order valence-corrected chi connectivity index (χ1v) is 8.73. The Labute approximate surface area is 154 Å². The molecule has 1 saturated heterocycles. The largest absolute Gasteiger partial charge is 0.497 e. The second-order valence-corrected chi connectivity index (χ2v) is 6.75. The molecule has 6 nitrogen and oxygen atoms in total. The highest BCUT2D eigenvalue weighted by molar-refractivity contribution is 6.13. The van der Waals surface area contributed by atoms with Gasteiger partial charge >= 0.3 is 0 Å². The molecule has 0 spiro atoms. The summed E-state index contributed by atoms with van der Waals surface area (Å²) in [7, 11) is 1.61. The number of carbonyl (C=O) groups excluding carboxylic acids is 2. The van der Waals surface area contributed by atoms with Crippen molar-refractivity contribution < 1.29 is 14.3 Å². The van der Waals surface area contributed by atoms with Crippen LogP contribution < -0.4 is 10.1 Å². The average molecular weight is 359 g/mol. The van der Waals surface area contributed by atoms with Gasteiger partial charge in [0.15, 0.2) is 0 Å². The van der Waals surface area contributed by atoms with E-state index < -0.39 is 11.8 Å². The third-order valence-corrected chi connectivity index (χ3v) is 5.36. The van der Waals surface area contributed by atoms with E-state index in [1.54, 1.807) is 7.11 Å². The van der Waals surface area contributed by atoms with Crippen LogP contribution in [0.5, 0.6) is 5.75 Å². The number of amides is 2. The minimum absolute atomic E-state index is 0.271. The van der Waals surface area contributed by atoms with Crippen molar-refractivity contribution in [1.82, 2.24) is 15.3 Å². The van der Waals surface area contributed by atoms with E-state index in [1.165, 1.54) is 0 Å². The Hall–Kier alpha value is -3.54. The zero-order valence-corrected chi connectivity index (χ0v) is 14.6. The number of aromatic amines is 2. The fourth-order valence-corrected chi connectivity index (χ4v) is 4.08. The topological polar surface area (TPSA) is 87.0 Å². The number of carbonyl (C=O) groups is 2. The van der Waals surface area contributed by atoms with E-state index in [0.717, 1.165) is 32.9 Å². The summed E-state index contributed by atoms with van der Waals surface area (Å²) in [6, 6.07) is 13.5. The number of H-pyrrole nitrogens is 2. The van der Waals surface area contributed by atoms with Crippen LogP contribution in [0.25, 0.3) is 21.8 Å². The lowest BCUT2D eigenvalue weighted by molar-refractivity contribution is -0.125. The van der Waals surface area contributed by atoms with Crippen LogP contribution in [0.15, 0.2) is 54.9 Å². The first kappa shape index (κ1) is 15.7. The molecular weight excluding hydrogens is 342 g/mol. The van der Waals surface area contributed by atoms with Gasteiger partial charge in [0.2, 0.25) is 11.8 Å². The van der Waals surface area contributed by atoms with Crippen molar-refractivity contribution in [3.63, 3.8) is 0 Å². The lowest BCUT2D eigenvalue weighted by atomic mass is 9.83. The monoisotopic (exact) mass is 359 g/mol. The summed E-state index contributed by atoms with van der Waals surface area (Å²) in [4.78, 5) is 31.8. The summed E-state index contributed by atoms with van der Waals surface area (Å²) in [6.45, 7) is 0. The van der Waals surface area contributed by atoms with E-state index in [9.17, 15) is 9.59 Å². The quantitative estimate of drug-likeness (QED) is 0.491. The van der Waals surface area contributed by atoms with Crippen LogP contribution in [0, 0.1) is 0 Å². The van der Waals surface area contributed by atoms with Gasteiger partial charge in [0.05, 0.1) is 18.9 Å². The zero-order valence-electron chi connectivity index (χ0n) is 14.6. The van der Waals surface area contributed by atoms with Gasteiger partial charge in [0.1, 0.15) is 5.75 Å². The molecule has 0 bridgehead atoms. The molecule has 5 rings (SSSR count). The molecule has 0 aliphatic carbocycles. The van der Waals surface area contributed by atoms with Gasteiger partial charge in [-0.15, -0.1) is 0 Å². The summed E-state index contributed by atoms with van der Waals surface area (Å²) in [5.74, 6) is -1.03. The van der Waals surface area contributed by atoms with Crippen molar-refractivity contribution >= 4 is 33.6 Å². The van der Waals surface area contributed by atoms with Crippen molar-refractivity contribution in [2.24, 2.45) is 0 Å². The number of rotatable bonds is 3. The first-order valence-electron chi connectivity index (χ1n) is 8.73. The zero-order chi connectivity index (χ0) is 18.5. The first-order chi connectivity index (χ1) is 13.2. The Bertz CT molecular complexity index is 1200. The normalized spacial score (nSPS) is 19.7. The molecule has 4 aromatic rings. The summed E-state index contributed by atoms with van der Waals surface area (Å²) in [6.07, 6.45) is 3.64. The van der Waals surface area contributed by atoms with E-state index in [1.807, 2.05) is 54.9 Å². The molecule has 2 aromatic carbocycles. The minimum Gasteiger partial charge on any atom is -0.497 e. The van der Waals surface area contributed by atoms with Gasteiger partial charge in [0.25, 0.3) is 0 Å². The molecule has 2 aromatic heterocycles. The molecule has 1 aliphatic rings. The lowest BCUT2D eigenvalue weighted by Gasteiger charge is -2.15. The maximum atomic E-state index is 12.7. The lowest BCUT2D eigenvalue weighted by Crippen LogP contribution is -2.21. The number of hydrogen-bond acceptors (Lipinski definition) is 3. The Kier molecular flexibility index (Phi) is 3.33. The van der Waals surface area contributed by atoms with Gasteiger partial charge in [-0.3, -0.25) is 14.9 Å². The minimum atomic E-state index is -0.599. The summed E-state index contributed by atoms with van der Waals surface area (Å²) < 4.78 is 5.33. The Morgan fingerprint density at radius 3 is 2.15 bits per heavy atom. The summed E-state index contributed by atoms with van der Waals surface area (Å²) in [5.41, 5.74) is 3.47. The van der Waals surface area contributed by atoms with Crippen LogP contribution in [-0.4, -0.2) is 28.9 Å². The van der Waals surface area contributed by atoms with E-state index in [-0.39, 0.29) is 11.8 Å². The Morgan fingerprint density at radius 1 is 0.815 bits per heavy atom. The number of imide groups is 1. The fraction of sp³-hybridized carbons (Fsp3) is 0.143. The number of aromatic nitrogens is 2. The standard InChI is InChI=1S/C21H17N3O3/c1-27-11-6-7-17-13(8-11)15(10-23-17)19-18(20(25)24-21(19)26)14-9-22-16-5-3-2-4-12(14)16/h2-10,18-19,22-23H,1H3,(H,24,25,26)/t18?,19-/m0/s1. The molecule has 1 fully saturated rings. The highest BCUT2D eigenvalue weighted by Crippen LogP contribution is 2.43. The molecule has 3 N–H and O–H groups in total. The van der Waals surface area contributed by atoms with Crippen LogP contribution in [0.1, 0.15) is 23.0 Å². The van der Waals surface area contributed by atoms with Gasteiger partial charge in [0, 0.05) is 34.2 Å². The molecule has 2 amide bonds. The highest BCUT2D eigenvalue weighted by atomic mass is 16.5. The van der Waals surface area contributed by atoms with Crippen LogP contribution in [0.4, 0.5) is 0 Å². The predicted molar refractivity (Wildman–Crippen MR) is 102 cm³/mol. The highest BCUT2D eigenvalue weighted by Gasteiger charge is 2.45. The number of benzene rings is 2. The number of hydrogen-bond donors (Lipinski definition) is 3. The Morgan fingerprint density at radius 2 is 1.44 bits per heavy atom. The second-order valence-electron chi connectivity index (χ2n) is 6.75. The molecule has 3 heterocycles. The van der Waals surface area contributed by atoms with E-state index in [4.69, 9.17) is 4.74 Å². The number of methoxy groups -OCH3 is 1. The number of fused-ring (bicyclic) bond motifs is 2. The third-order valence-electron chi connectivity index (χ3n) is 5.36. The molecule has 134 valence electrons. The Balaban J connectivity index is 1.70. The average Bonchev–Trinajstić information content (AvgIpc) is 3.36.